The number of hydrogen-bond donors (Lipinski definition) is 2. The molecule has 12 heteroatoms. The molecule has 1 atom stereocenters. The number of nitrogens with one attached hydrogen (secondary N) is 1. The number of benzene rings is 2. The van der Waals surface area contributed by atoms with Gasteiger partial charge in [-0.3, -0.25) is 14.5 Å². The molecule has 7 nitrogen and oxygen atoms in total. The van der Waals surface area contributed by atoms with Crippen molar-refractivity contribution in [3.63, 3.8) is 0 Å². The smallest absolute Gasteiger partial charge is 0.348 e. The number of sulfone groups is 1. The zero-order valence-corrected chi connectivity index (χ0v) is 23.3. The summed E-state index contributed by atoms with van der Waals surface area (Å²) < 4.78 is 66.8. The molecule has 1 fully saturated rings. The molecule has 39 heavy (non-hydrogen) atoms. The fourth-order valence-corrected chi connectivity index (χ4v) is 6.09. The Labute approximate surface area is 231 Å². The van der Waals surface area contributed by atoms with E-state index in [9.17, 15) is 31.2 Å². The predicted octanol–water partition coefficient (Wildman–Crippen LogP) is 4.60. The highest BCUT2D eigenvalue weighted by atomic mass is 35.5. The summed E-state index contributed by atoms with van der Waals surface area (Å²) in [6.07, 6.45) is -1.92. The summed E-state index contributed by atoms with van der Waals surface area (Å²) in [6, 6.07) is 7.66. The molecular formula is C27H33ClF3N3O4S. The van der Waals surface area contributed by atoms with Crippen LogP contribution in [-0.4, -0.2) is 50.4 Å². The van der Waals surface area contributed by atoms with E-state index in [1.165, 1.54) is 37.3 Å². The van der Waals surface area contributed by atoms with E-state index in [-0.39, 0.29) is 63.7 Å². The number of alkyl halides is 3. The van der Waals surface area contributed by atoms with Gasteiger partial charge in [0.2, 0.25) is 0 Å². The SMILES string of the molecule is CCS(=O)(=O)c1ccc(Cl)cc1CNC(=O)c1ccc(CN2CCC[C@@H](CCC(=O)CN)C2)c(C(F)(F)F)c1. The van der Waals surface area contributed by atoms with Crippen molar-refractivity contribution < 1.29 is 31.2 Å². The van der Waals surface area contributed by atoms with Crippen molar-refractivity contribution >= 4 is 33.1 Å². The van der Waals surface area contributed by atoms with Crippen LogP contribution in [0.1, 0.15) is 59.7 Å². The lowest BCUT2D eigenvalue weighted by molar-refractivity contribution is -0.138. The number of ketones is 1. The van der Waals surface area contributed by atoms with Gasteiger partial charge in [0.05, 0.1) is 22.8 Å². The Bertz CT molecular complexity index is 1300. The molecule has 0 unspecified atom stereocenters. The average Bonchev–Trinajstić information content (AvgIpc) is 2.90. The number of hydrogen-bond acceptors (Lipinski definition) is 6. The fraction of sp³-hybridized carbons (Fsp3) is 0.481. The molecule has 214 valence electrons. The summed E-state index contributed by atoms with van der Waals surface area (Å²) in [7, 11) is -3.60. The monoisotopic (exact) mass is 587 g/mol. The first-order chi connectivity index (χ1) is 18.3. The number of rotatable bonds is 11. The van der Waals surface area contributed by atoms with Crippen LogP contribution in [-0.2, 0) is 33.9 Å². The van der Waals surface area contributed by atoms with Crippen LogP contribution in [0.3, 0.4) is 0 Å². The van der Waals surface area contributed by atoms with Crippen LogP contribution in [0.2, 0.25) is 5.02 Å². The van der Waals surface area contributed by atoms with Crippen LogP contribution in [0, 0.1) is 5.92 Å². The van der Waals surface area contributed by atoms with Gasteiger partial charge in [0.1, 0.15) is 5.78 Å². The van der Waals surface area contributed by atoms with Crippen molar-refractivity contribution in [1.29, 1.82) is 0 Å². The standard InChI is InChI=1S/C27H33ClF3N3O4S/c1-2-39(37,38)25-10-8-22(28)12-21(25)15-33-26(36)19-6-7-20(24(13-19)27(29,30)31)17-34-11-3-4-18(16-34)5-9-23(35)14-32/h6-8,10,12-13,18H,2-5,9,11,14-17,32H2,1H3,(H,33,36)/t18-/m0/s1. The first-order valence-corrected chi connectivity index (χ1v) is 14.8. The van der Waals surface area contributed by atoms with Gasteiger partial charge in [-0.05, 0) is 73.2 Å². The Hall–Kier alpha value is -2.47. The molecule has 0 aliphatic carbocycles. The van der Waals surface area contributed by atoms with E-state index in [2.05, 4.69) is 5.32 Å². The third-order valence-corrected chi connectivity index (χ3v) is 8.97. The molecule has 1 saturated heterocycles. The number of carbonyl (C=O) groups excluding carboxylic acids is 2. The van der Waals surface area contributed by atoms with Gasteiger partial charge in [-0.2, -0.15) is 13.2 Å². The predicted molar refractivity (Wildman–Crippen MR) is 143 cm³/mol. The summed E-state index contributed by atoms with van der Waals surface area (Å²) in [5.41, 5.74) is 4.59. The largest absolute Gasteiger partial charge is 0.416 e. The second-order valence-electron chi connectivity index (χ2n) is 9.73. The first-order valence-electron chi connectivity index (χ1n) is 12.8. The summed E-state index contributed by atoms with van der Waals surface area (Å²) in [5, 5.41) is 2.78. The lowest BCUT2D eigenvalue weighted by atomic mass is 9.92. The van der Waals surface area contributed by atoms with E-state index in [4.69, 9.17) is 17.3 Å². The topological polar surface area (TPSA) is 110 Å². The van der Waals surface area contributed by atoms with E-state index in [0.29, 0.717) is 25.9 Å². The minimum absolute atomic E-state index is 0.00765. The Balaban J connectivity index is 1.75. The van der Waals surface area contributed by atoms with Gasteiger partial charge in [0.15, 0.2) is 9.84 Å². The molecule has 1 aliphatic rings. The maximum absolute atomic E-state index is 14.0. The number of piperidine rings is 1. The number of Topliss-reactive ketones (excluding diaryl/α,β-unsaturated/α-hetero) is 1. The third-order valence-electron chi connectivity index (χ3n) is 6.91. The molecule has 3 N–H and O–H groups in total. The van der Waals surface area contributed by atoms with Gasteiger partial charge in [-0.25, -0.2) is 8.42 Å². The molecule has 1 heterocycles. The molecule has 2 aromatic rings. The molecular weight excluding hydrogens is 555 g/mol. The Kier molecular flexibility index (Phi) is 10.6. The molecule has 0 aromatic heterocycles. The third kappa shape index (κ3) is 8.51. The lowest BCUT2D eigenvalue weighted by Gasteiger charge is -2.33. The van der Waals surface area contributed by atoms with Crippen molar-refractivity contribution in [3.05, 3.63) is 63.7 Å². The maximum Gasteiger partial charge on any atom is 0.416 e. The van der Waals surface area contributed by atoms with E-state index in [0.717, 1.165) is 18.9 Å². The molecule has 0 bridgehead atoms. The fourth-order valence-electron chi connectivity index (χ4n) is 4.78. The molecule has 0 saturated carbocycles. The summed E-state index contributed by atoms with van der Waals surface area (Å²) >= 11 is 6.00. The van der Waals surface area contributed by atoms with Gasteiger partial charge >= 0.3 is 6.18 Å². The van der Waals surface area contributed by atoms with Crippen molar-refractivity contribution in [2.75, 3.05) is 25.4 Å². The van der Waals surface area contributed by atoms with Crippen molar-refractivity contribution in [3.8, 4) is 0 Å². The second kappa shape index (κ2) is 13.3. The highest BCUT2D eigenvalue weighted by molar-refractivity contribution is 7.91. The minimum atomic E-state index is -4.68. The number of amides is 1. The lowest BCUT2D eigenvalue weighted by Crippen LogP contribution is -2.36. The Morgan fingerprint density at radius 2 is 1.90 bits per heavy atom. The van der Waals surface area contributed by atoms with Crippen LogP contribution in [0.25, 0.3) is 0 Å². The number of likely N-dealkylation sites (tertiary alicyclic amines) is 1. The van der Waals surface area contributed by atoms with Crippen LogP contribution < -0.4 is 11.1 Å². The number of nitrogens with zero attached hydrogens (tertiary/aromatic N) is 1. The summed E-state index contributed by atoms with van der Waals surface area (Å²) in [5.74, 6) is -0.745. The van der Waals surface area contributed by atoms with Gasteiger partial charge in [-0.15, -0.1) is 0 Å². The van der Waals surface area contributed by atoms with Crippen molar-refractivity contribution in [2.45, 2.75) is 56.8 Å². The molecule has 3 rings (SSSR count). The van der Waals surface area contributed by atoms with Crippen LogP contribution in [0.5, 0.6) is 0 Å². The molecule has 0 radical (unpaired) electrons. The number of halogens is 4. The average molecular weight is 588 g/mol. The van der Waals surface area contributed by atoms with E-state index >= 15 is 0 Å². The first kappa shape index (κ1) is 31.1. The van der Waals surface area contributed by atoms with Gasteiger partial charge < -0.3 is 11.1 Å². The zero-order chi connectivity index (χ0) is 28.8. The van der Waals surface area contributed by atoms with Gasteiger partial charge in [-0.1, -0.05) is 24.6 Å². The zero-order valence-electron chi connectivity index (χ0n) is 21.7. The van der Waals surface area contributed by atoms with Gasteiger partial charge in [0, 0.05) is 36.6 Å². The van der Waals surface area contributed by atoms with E-state index in [1.807, 2.05) is 4.90 Å². The normalized spacial score (nSPS) is 16.7. The van der Waals surface area contributed by atoms with E-state index in [1.54, 1.807) is 0 Å². The van der Waals surface area contributed by atoms with E-state index < -0.39 is 27.5 Å². The number of nitrogens with two attached hydrogens (primary N) is 1. The van der Waals surface area contributed by atoms with Crippen molar-refractivity contribution in [2.24, 2.45) is 11.7 Å². The Morgan fingerprint density at radius 1 is 1.15 bits per heavy atom. The summed E-state index contributed by atoms with van der Waals surface area (Å²) in [6.45, 7) is 2.55. The minimum Gasteiger partial charge on any atom is -0.348 e. The summed E-state index contributed by atoms with van der Waals surface area (Å²) in [4.78, 5) is 26.3. The molecule has 0 spiro atoms. The van der Waals surface area contributed by atoms with Crippen LogP contribution >= 0.6 is 11.6 Å². The molecule has 1 amide bonds. The van der Waals surface area contributed by atoms with Crippen LogP contribution in [0.4, 0.5) is 13.2 Å². The Morgan fingerprint density at radius 3 is 2.56 bits per heavy atom. The van der Waals surface area contributed by atoms with Gasteiger partial charge in [0.25, 0.3) is 5.91 Å². The molecule has 1 aliphatic heterocycles. The van der Waals surface area contributed by atoms with Crippen molar-refractivity contribution in [1.82, 2.24) is 10.2 Å². The molecule has 2 aromatic carbocycles. The maximum atomic E-state index is 14.0. The second-order valence-corrected chi connectivity index (χ2v) is 12.4. The highest BCUT2D eigenvalue weighted by Gasteiger charge is 2.35. The number of carbonyl (C=O) groups is 2. The quantitative estimate of drug-likeness (QED) is 0.398. The highest BCUT2D eigenvalue weighted by Crippen LogP contribution is 2.34. The van der Waals surface area contributed by atoms with Crippen LogP contribution in [0.15, 0.2) is 41.3 Å².